The van der Waals surface area contributed by atoms with Crippen LogP contribution in [0.25, 0.3) is 0 Å². The van der Waals surface area contributed by atoms with Gasteiger partial charge in [-0.1, -0.05) is 70.2 Å². The van der Waals surface area contributed by atoms with E-state index in [0.717, 1.165) is 37.3 Å². The van der Waals surface area contributed by atoms with Gasteiger partial charge >= 0.3 is 0 Å². The van der Waals surface area contributed by atoms with Gasteiger partial charge in [0, 0.05) is 42.6 Å². The quantitative estimate of drug-likeness (QED) is 0.473. The first-order valence-corrected chi connectivity index (χ1v) is 14.5. The fourth-order valence-electron chi connectivity index (χ4n) is 7.52. The van der Waals surface area contributed by atoms with Crippen molar-refractivity contribution in [1.82, 2.24) is 20.4 Å². The van der Waals surface area contributed by atoms with Crippen molar-refractivity contribution in [1.29, 1.82) is 0 Å². The highest BCUT2D eigenvalue weighted by Gasteiger charge is 2.54. The highest BCUT2D eigenvalue weighted by molar-refractivity contribution is 5.99. The molecular formula is C32H44N4O3. The molecule has 39 heavy (non-hydrogen) atoms. The highest BCUT2D eigenvalue weighted by Crippen LogP contribution is 2.52. The first-order valence-electron chi connectivity index (χ1n) is 14.5. The molecule has 4 heterocycles. The van der Waals surface area contributed by atoms with Crippen molar-refractivity contribution in [3.63, 3.8) is 0 Å². The van der Waals surface area contributed by atoms with E-state index in [9.17, 15) is 15.0 Å². The predicted octanol–water partition coefficient (Wildman–Crippen LogP) is 3.24. The molecule has 6 rings (SSSR count). The molecule has 4 atom stereocenters. The number of nitrogens with one attached hydrogen (secondary N) is 2. The molecule has 210 valence electrons. The fraction of sp³-hybridized carbons (Fsp3) is 0.594. The molecule has 7 heteroatoms. The minimum absolute atomic E-state index is 0.0106. The fourth-order valence-corrected chi connectivity index (χ4v) is 7.52. The number of benzene rings is 2. The molecule has 4 N–H and O–H groups in total. The Morgan fingerprint density at radius 1 is 0.795 bits per heavy atom. The number of β-amino-alcohol motifs (C(OH)–C–C–N with tert-alkyl or cyclic N) is 2. The summed E-state index contributed by atoms with van der Waals surface area (Å²) in [7, 11) is 0. The first kappa shape index (κ1) is 26.9. The van der Waals surface area contributed by atoms with Gasteiger partial charge in [-0.05, 0) is 48.7 Å². The van der Waals surface area contributed by atoms with Crippen LogP contribution in [-0.2, 0) is 6.54 Å². The van der Waals surface area contributed by atoms with Gasteiger partial charge in [0.25, 0.3) is 5.91 Å². The van der Waals surface area contributed by atoms with Gasteiger partial charge in [-0.25, -0.2) is 0 Å². The van der Waals surface area contributed by atoms with E-state index in [1.165, 1.54) is 11.1 Å². The Balaban J connectivity index is 1.44. The number of fused-ring (bicyclic) bond motifs is 2. The maximum Gasteiger partial charge on any atom is 0.254 e. The smallest absolute Gasteiger partial charge is 0.254 e. The molecule has 0 radical (unpaired) electrons. The molecule has 1 amide bonds. The third-order valence-electron chi connectivity index (χ3n) is 10.5. The van der Waals surface area contributed by atoms with Crippen molar-refractivity contribution in [2.75, 3.05) is 39.3 Å². The highest BCUT2D eigenvalue weighted by atomic mass is 16.3. The van der Waals surface area contributed by atoms with E-state index in [-0.39, 0.29) is 35.4 Å². The Morgan fingerprint density at radius 3 is 2.00 bits per heavy atom. The SMILES string of the molecule is CC1(C)CNCCC1(O)CN1Cc2ccccc2C1C1c2ccccc2C(=O)N1CC1(O)CCNCC1(C)C. The molecular weight excluding hydrogens is 488 g/mol. The third kappa shape index (κ3) is 4.25. The van der Waals surface area contributed by atoms with Crippen LogP contribution in [-0.4, -0.2) is 76.4 Å². The van der Waals surface area contributed by atoms with Crippen molar-refractivity contribution in [3.05, 3.63) is 70.8 Å². The van der Waals surface area contributed by atoms with Crippen LogP contribution in [0.1, 0.15) is 79.7 Å². The second kappa shape index (κ2) is 9.38. The standard InChI is InChI=1S/C32H44N4O3/c1-29(2)18-33-15-13-31(29,38)20-35-17-22-9-5-6-10-23(22)26(35)27-24-11-7-8-12-25(24)28(37)36(27)21-32(39)14-16-34-19-30(32,3)4/h5-12,26-27,33-34,38-39H,13-21H2,1-4H3. The normalized spacial score (nSPS) is 33.7. The van der Waals surface area contributed by atoms with Gasteiger partial charge in [0.1, 0.15) is 0 Å². The minimum atomic E-state index is -1.01. The largest absolute Gasteiger partial charge is 0.388 e. The van der Waals surface area contributed by atoms with Crippen LogP contribution in [0.5, 0.6) is 0 Å². The first-order chi connectivity index (χ1) is 18.5. The molecule has 7 nitrogen and oxygen atoms in total. The van der Waals surface area contributed by atoms with E-state index in [2.05, 4.69) is 73.6 Å². The van der Waals surface area contributed by atoms with Crippen LogP contribution in [0.2, 0.25) is 0 Å². The zero-order valence-electron chi connectivity index (χ0n) is 23.8. The Morgan fingerprint density at radius 2 is 1.36 bits per heavy atom. The lowest BCUT2D eigenvalue weighted by molar-refractivity contribution is -0.122. The monoisotopic (exact) mass is 532 g/mol. The van der Waals surface area contributed by atoms with Crippen molar-refractivity contribution in [2.45, 2.75) is 70.4 Å². The maximum atomic E-state index is 14.1. The molecule has 0 saturated carbocycles. The second-order valence-corrected chi connectivity index (χ2v) is 13.7. The van der Waals surface area contributed by atoms with Gasteiger partial charge in [0.15, 0.2) is 0 Å². The number of nitrogens with zero attached hydrogens (tertiary/aromatic N) is 2. The summed E-state index contributed by atoms with van der Waals surface area (Å²) in [4.78, 5) is 18.4. The summed E-state index contributed by atoms with van der Waals surface area (Å²) in [5, 5.41) is 31.0. The summed E-state index contributed by atoms with van der Waals surface area (Å²) in [5.74, 6) is -0.0106. The Hall–Kier alpha value is -2.29. The second-order valence-electron chi connectivity index (χ2n) is 13.7. The average molecular weight is 533 g/mol. The average Bonchev–Trinajstić information content (AvgIpc) is 3.37. The Kier molecular flexibility index (Phi) is 6.47. The van der Waals surface area contributed by atoms with E-state index in [4.69, 9.17) is 0 Å². The molecule has 4 aliphatic rings. The van der Waals surface area contributed by atoms with Crippen LogP contribution < -0.4 is 10.6 Å². The summed E-state index contributed by atoms with van der Waals surface area (Å²) in [6.45, 7) is 13.0. The lowest BCUT2D eigenvalue weighted by Crippen LogP contribution is -2.62. The molecule has 4 unspecified atom stereocenters. The number of rotatable bonds is 5. The maximum absolute atomic E-state index is 14.1. The van der Waals surface area contributed by atoms with Crippen molar-refractivity contribution in [2.24, 2.45) is 10.8 Å². The van der Waals surface area contributed by atoms with E-state index in [1.807, 2.05) is 23.1 Å². The number of hydrogen-bond acceptors (Lipinski definition) is 6. The number of aliphatic hydroxyl groups is 2. The van der Waals surface area contributed by atoms with Gasteiger partial charge in [0.05, 0.1) is 29.8 Å². The van der Waals surface area contributed by atoms with Crippen molar-refractivity contribution >= 4 is 5.91 Å². The summed E-state index contributed by atoms with van der Waals surface area (Å²) in [6, 6.07) is 16.1. The van der Waals surface area contributed by atoms with Gasteiger partial charge in [0.2, 0.25) is 0 Å². The Labute approximate surface area is 232 Å². The minimum Gasteiger partial charge on any atom is -0.388 e. The summed E-state index contributed by atoms with van der Waals surface area (Å²) in [6.07, 6.45) is 1.28. The van der Waals surface area contributed by atoms with Crippen molar-refractivity contribution in [3.8, 4) is 0 Å². The van der Waals surface area contributed by atoms with E-state index < -0.39 is 11.2 Å². The summed E-state index contributed by atoms with van der Waals surface area (Å²) >= 11 is 0. The van der Waals surface area contributed by atoms with Gasteiger partial charge in [-0.2, -0.15) is 0 Å². The number of carbonyl (C=O) groups is 1. The van der Waals surface area contributed by atoms with Gasteiger partial charge in [-0.15, -0.1) is 0 Å². The van der Waals surface area contributed by atoms with Crippen LogP contribution in [0.3, 0.4) is 0 Å². The molecule has 4 aliphatic heterocycles. The molecule has 2 aromatic carbocycles. The molecule has 0 aromatic heterocycles. The van der Waals surface area contributed by atoms with Gasteiger partial charge < -0.3 is 25.7 Å². The predicted molar refractivity (Wildman–Crippen MR) is 152 cm³/mol. The number of amides is 1. The molecule has 2 saturated heterocycles. The zero-order valence-corrected chi connectivity index (χ0v) is 23.8. The van der Waals surface area contributed by atoms with Gasteiger partial charge in [-0.3, -0.25) is 9.69 Å². The van der Waals surface area contributed by atoms with Crippen LogP contribution in [0, 0.1) is 10.8 Å². The van der Waals surface area contributed by atoms with Crippen molar-refractivity contribution < 1.29 is 15.0 Å². The number of piperidine rings is 2. The summed E-state index contributed by atoms with van der Waals surface area (Å²) in [5.41, 5.74) is 1.66. The molecule has 0 aliphatic carbocycles. The van der Waals surface area contributed by atoms with Crippen LogP contribution in [0.15, 0.2) is 48.5 Å². The lowest BCUT2D eigenvalue weighted by atomic mass is 9.70. The number of carbonyl (C=O) groups excluding carboxylic acids is 1. The lowest BCUT2D eigenvalue weighted by Gasteiger charge is -2.51. The van der Waals surface area contributed by atoms with Crippen LogP contribution in [0.4, 0.5) is 0 Å². The van der Waals surface area contributed by atoms with Crippen LogP contribution >= 0.6 is 0 Å². The molecule has 0 spiro atoms. The van der Waals surface area contributed by atoms with E-state index >= 15 is 0 Å². The zero-order chi connectivity index (χ0) is 27.6. The van der Waals surface area contributed by atoms with E-state index in [1.54, 1.807) is 0 Å². The molecule has 2 aromatic rings. The molecule has 0 bridgehead atoms. The number of hydrogen-bond donors (Lipinski definition) is 4. The molecule has 2 fully saturated rings. The Bertz CT molecular complexity index is 1260. The summed E-state index contributed by atoms with van der Waals surface area (Å²) < 4.78 is 0. The topological polar surface area (TPSA) is 88.1 Å². The third-order valence-corrected chi connectivity index (χ3v) is 10.5. The van der Waals surface area contributed by atoms with E-state index in [0.29, 0.717) is 25.9 Å².